The van der Waals surface area contributed by atoms with Crippen molar-refractivity contribution in [2.75, 3.05) is 41.4 Å². The summed E-state index contributed by atoms with van der Waals surface area (Å²) in [5.74, 6) is 0.957. The fraction of sp³-hybridized carbons (Fsp3) is 0.524. The first-order valence-electron chi connectivity index (χ1n) is 9.97. The molecule has 9 nitrogen and oxygen atoms in total. The number of hydrogen-bond donors (Lipinski definition) is 1. The number of imide groups is 1. The third-order valence-corrected chi connectivity index (χ3v) is 5.64. The summed E-state index contributed by atoms with van der Waals surface area (Å²) >= 11 is 0. The Hall–Kier alpha value is -2.94. The summed E-state index contributed by atoms with van der Waals surface area (Å²) in [4.78, 5) is 40.0. The Morgan fingerprint density at radius 1 is 1.17 bits per heavy atom. The SMILES string of the molecule is COc1ccc(CC(=O)NC2CCN(C3C=[N+](C)C(=O)N(C)C3=O)CC2)cc1OC. The van der Waals surface area contributed by atoms with Crippen molar-refractivity contribution in [2.24, 2.45) is 0 Å². The van der Waals surface area contributed by atoms with E-state index < -0.39 is 6.04 Å². The number of nitrogens with zero attached hydrogens (tertiary/aromatic N) is 3. The van der Waals surface area contributed by atoms with Crippen LogP contribution < -0.4 is 14.8 Å². The largest absolute Gasteiger partial charge is 0.500 e. The van der Waals surface area contributed by atoms with E-state index in [-0.39, 0.29) is 30.3 Å². The van der Waals surface area contributed by atoms with Crippen LogP contribution >= 0.6 is 0 Å². The number of urea groups is 1. The first-order chi connectivity index (χ1) is 14.3. The normalized spacial score (nSPS) is 20.7. The molecule has 1 saturated heterocycles. The standard InChI is InChI=1S/C21H28N4O5/c1-23-13-16(20(27)24(2)21(23)28)25-9-7-15(8-10-25)22-19(26)12-14-5-6-17(29-3)18(11-14)30-4/h5-6,11,13,15-16H,7-10,12H2,1-4H3/p+1. The summed E-state index contributed by atoms with van der Waals surface area (Å²) in [6.45, 7) is 1.34. The quantitative estimate of drug-likeness (QED) is 0.678. The van der Waals surface area contributed by atoms with Crippen molar-refractivity contribution in [2.45, 2.75) is 31.3 Å². The molecule has 1 aromatic rings. The molecule has 1 N–H and O–H groups in total. The third-order valence-electron chi connectivity index (χ3n) is 5.64. The highest BCUT2D eigenvalue weighted by molar-refractivity contribution is 6.06. The van der Waals surface area contributed by atoms with Crippen molar-refractivity contribution in [1.29, 1.82) is 0 Å². The van der Waals surface area contributed by atoms with E-state index in [2.05, 4.69) is 10.2 Å². The van der Waals surface area contributed by atoms with E-state index in [4.69, 9.17) is 9.47 Å². The van der Waals surface area contributed by atoms with Gasteiger partial charge >= 0.3 is 11.9 Å². The van der Waals surface area contributed by atoms with E-state index in [1.165, 1.54) is 11.6 Å². The van der Waals surface area contributed by atoms with Crippen LogP contribution in [-0.2, 0) is 16.0 Å². The second-order valence-electron chi connectivity index (χ2n) is 7.63. The molecule has 0 bridgehead atoms. The highest BCUT2D eigenvalue weighted by Gasteiger charge is 2.42. The molecule has 3 rings (SSSR count). The van der Waals surface area contributed by atoms with Crippen molar-refractivity contribution >= 4 is 24.1 Å². The summed E-state index contributed by atoms with van der Waals surface area (Å²) < 4.78 is 12.0. The van der Waals surface area contributed by atoms with Crippen LogP contribution in [0, 0.1) is 0 Å². The molecule has 1 fully saturated rings. The Labute approximate surface area is 176 Å². The molecule has 1 unspecified atom stereocenters. The first kappa shape index (κ1) is 21.8. The molecule has 0 aromatic heterocycles. The Kier molecular flexibility index (Phi) is 6.71. The van der Waals surface area contributed by atoms with Crippen molar-refractivity contribution in [1.82, 2.24) is 15.1 Å². The molecule has 2 aliphatic heterocycles. The van der Waals surface area contributed by atoms with Crippen LogP contribution in [0.3, 0.4) is 0 Å². The van der Waals surface area contributed by atoms with Gasteiger partial charge in [0.05, 0.1) is 34.7 Å². The van der Waals surface area contributed by atoms with E-state index in [1.807, 2.05) is 6.07 Å². The number of rotatable bonds is 6. The topological polar surface area (TPSA) is 91.2 Å². The van der Waals surface area contributed by atoms with Gasteiger partial charge in [-0.2, -0.15) is 9.69 Å². The van der Waals surface area contributed by atoms with E-state index in [0.717, 1.165) is 23.3 Å². The van der Waals surface area contributed by atoms with Gasteiger partial charge in [-0.1, -0.05) is 6.07 Å². The zero-order chi connectivity index (χ0) is 21.8. The average Bonchev–Trinajstić information content (AvgIpc) is 2.75. The fourth-order valence-corrected chi connectivity index (χ4v) is 3.90. The van der Waals surface area contributed by atoms with Gasteiger partial charge < -0.3 is 14.8 Å². The lowest BCUT2D eigenvalue weighted by Gasteiger charge is -2.36. The van der Waals surface area contributed by atoms with Crippen molar-refractivity contribution in [3.8, 4) is 11.5 Å². The highest BCUT2D eigenvalue weighted by Crippen LogP contribution is 2.27. The van der Waals surface area contributed by atoms with Crippen LogP contribution in [0.4, 0.5) is 4.79 Å². The lowest BCUT2D eigenvalue weighted by Crippen LogP contribution is -2.59. The summed E-state index contributed by atoms with van der Waals surface area (Å²) in [7, 11) is 6.29. The fourth-order valence-electron chi connectivity index (χ4n) is 3.90. The summed E-state index contributed by atoms with van der Waals surface area (Å²) in [6, 6.07) is 4.73. The van der Waals surface area contributed by atoms with Crippen LogP contribution in [0.5, 0.6) is 11.5 Å². The number of likely N-dealkylation sites (N-methyl/N-ethyl adjacent to an activating group) is 1. The molecule has 4 amide bonds. The Morgan fingerprint density at radius 3 is 2.47 bits per heavy atom. The number of piperidine rings is 1. The zero-order valence-corrected chi connectivity index (χ0v) is 17.9. The minimum atomic E-state index is -0.443. The second kappa shape index (κ2) is 9.25. The number of methoxy groups -OCH3 is 2. The van der Waals surface area contributed by atoms with Crippen LogP contribution in [0.1, 0.15) is 18.4 Å². The number of carbonyl (C=O) groups excluding carboxylic acids is 3. The maximum atomic E-state index is 12.5. The molecular weight excluding hydrogens is 388 g/mol. The minimum absolute atomic E-state index is 0.0500. The monoisotopic (exact) mass is 417 g/mol. The van der Waals surface area contributed by atoms with E-state index in [9.17, 15) is 14.4 Å². The summed E-state index contributed by atoms with van der Waals surface area (Å²) in [6.07, 6.45) is 3.42. The average molecular weight is 417 g/mol. The van der Waals surface area contributed by atoms with E-state index in [0.29, 0.717) is 24.6 Å². The number of likely N-dealkylation sites (tertiary alicyclic amines) is 1. The van der Waals surface area contributed by atoms with Gasteiger partial charge in [0.1, 0.15) is 6.21 Å². The van der Waals surface area contributed by atoms with Crippen LogP contribution in [-0.4, -0.2) is 91.9 Å². The molecule has 0 saturated carbocycles. The number of ether oxygens (including phenoxy) is 2. The molecule has 9 heteroatoms. The molecule has 2 aliphatic rings. The van der Waals surface area contributed by atoms with Gasteiger partial charge in [0.25, 0.3) is 0 Å². The maximum absolute atomic E-state index is 12.5. The van der Waals surface area contributed by atoms with Crippen LogP contribution in [0.25, 0.3) is 0 Å². The third kappa shape index (κ3) is 4.62. The van der Waals surface area contributed by atoms with Gasteiger partial charge in [-0.15, -0.1) is 0 Å². The molecular formula is C21H29N4O5+. The van der Waals surface area contributed by atoms with Gasteiger partial charge in [-0.25, -0.2) is 9.37 Å². The van der Waals surface area contributed by atoms with Gasteiger partial charge in [-0.05, 0) is 30.5 Å². The van der Waals surface area contributed by atoms with Gasteiger partial charge in [-0.3, -0.25) is 9.69 Å². The molecule has 0 radical (unpaired) electrons. The number of benzene rings is 1. The van der Waals surface area contributed by atoms with Crippen molar-refractivity contribution in [3.63, 3.8) is 0 Å². The minimum Gasteiger partial charge on any atom is -0.493 e. The Bertz CT molecular complexity index is 861. The molecule has 30 heavy (non-hydrogen) atoms. The Morgan fingerprint density at radius 2 is 1.83 bits per heavy atom. The van der Waals surface area contributed by atoms with Crippen molar-refractivity contribution < 1.29 is 28.4 Å². The molecule has 1 atom stereocenters. The smallest absolute Gasteiger partial charge is 0.493 e. The van der Waals surface area contributed by atoms with E-state index in [1.54, 1.807) is 39.6 Å². The van der Waals surface area contributed by atoms with Crippen molar-refractivity contribution in [3.05, 3.63) is 23.8 Å². The lowest BCUT2D eigenvalue weighted by molar-refractivity contribution is -0.401. The van der Waals surface area contributed by atoms with E-state index >= 15 is 0 Å². The molecule has 0 spiro atoms. The molecule has 162 valence electrons. The van der Waals surface area contributed by atoms with Crippen LogP contribution in [0.2, 0.25) is 0 Å². The number of nitrogens with one attached hydrogen (secondary N) is 1. The van der Waals surface area contributed by atoms with Crippen LogP contribution in [0.15, 0.2) is 18.2 Å². The molecule has 1 aromatic carbocycles. The molecule has 0 aliphatic carbocycles. The maximum Gasteiger partial charge on any atom is 0.500 e. The predicted molar refractivity (Wildman–Crippen MR) is 110 cm³/mol. The summed E-state index contributed by atoms with van der Waals surface area (Å²) in [5.41, 5.74) is 0.848. The van der Waals surface area contributed by atoms with Gasteiger partial charge in [0, 0.05) is 19.1 Å². The zero-order valence-electron chi connectivity index (χ0n) is 17.9. The van der Waals surface area contributed by atoms with Gasteiger partial charge in [0.2, 0.25) is 5.91 Å². The highest BCUT2D eigenvalue weighted by atomic mass is 16.5. The lowest BCUT2D eigenvalue weighted by atomic mass is 10.0. The number of hydrogen-bond acceptors (Lipinski definition) is 6. The van der Waals surface area contributed by atoms with Gasteiger partial charge in [0.15, 0.2) is 17.5 Å². The number of carbonyl (C=O) groups is 3. The molecule has 2 heterocycles. The Balaban J connectivity index is 1.53. The summed E-state index contributed by atoms with van der Waals surface area (Å²) in [5, 5.41) is 3.08. The first-order valence-corrected chi connectivity index (χ1v) is 9.97. The second-order valence-corrected chi connectivity index (χ2v) is 7.63. The predicted octanol–water partition coefficient (Wildman–Crippen LogP) is 0.501. The number of amides is 4.